The van der Waals surface area contributed by atoms with Crippen LogP contribution >= 0.6 is 11.6 Å². The number of aromatic amines is 1. The van der Waals surface area contributed by atoms with Crippen molar-refractivity contribution in [1.82, 2.24) is 15.0 Å². The van der Waals surface area contributed by atoms with Gasteiger partial charge in [0.15, 0.2) is 5.78 Å². The van der Waals surface area contributed by atoms with Crippen molar-refractivity contribution in [1.29, 1.82) is 0 Å². The van der Waals surface area contributed by atoms with Gasteiger partial charge in [-0.25, -0.2) is 9.97 Å². The molecule has 0 atom stereocenters. The lowest BCUT2D eigenvalue weighted by atomic mass is 9.97. The van der Waals surface area contributed by atoms with Crippen molar-refractivity contribution < 1.29 is 4.79 Å². The van der Waals surface area contributed by atoms with E-state index < -0.39 is 0 Å². The van der Waals surface area contributed by atoms with Gasteiger partial charge in [0, 0.05) is 11.8 Å². The smallest absolute Gasteiger partial charge is 0.195 e. The van der Waals surface area contributed by atoms with Crippen LogP contribution in [-0.4, -0.2) is 20.7 Å². The highest BCUT2D eigenvalue weighted by molar-refractivity contribution is 6.36. The minimum absolute atomic E-state index is 0.0975. The molecule has 0 aliphatic heterocycles. The fraction of sp³-hybridized carbons (Fsp3) is 0. The van der Waals surface area contributed by atoms with Crippen molar-refractivity contribution in [2.45, 2.75) is 0 Å². The van der Waals surface area contributed by atoms with Crippen LogP contribution in [0.3, 0.4) is 0 Å². The van der Waals surface area contributed by atoms with Crippen LogP contribution in [0.5, 0.6) is 0 Å². The third-order valence-corrected chi connectivity index (χ3v) is 3.99. The van der Waals surface area contributed by atoms with E-state index in [-0.39, 0.29) is 10.9 Å². The standard InChI is InChI=1S/C17H10ClN3O/c18-16-14-13(8-19-17(14)21-9-20-16)15(22)12-7-3-5-10-4-1-2-6-11(10)12/h1-9H,(H,19,20,21). The SMILES string of the molecule is O=C(c1cccc2ccccc12)c1c[nH]c2ncnc(Cl)c12. The topological polar surface area (TPSA) is 58.6 Å². The molecule has 1 N–H and O–H groups in total. The first-order valence-corrected chi connectivity index (χ1v) is 7.13. The largest absolute Gasteiger partial charge is 0.345 e. The molecule has 106 valence electrons. The van der Waals surface area contributed by atoms with Crippen molar-refractivity contribution >= 4 is 39.2 Å². The number of H-pyrrole nitrogens is 1. The molecule has 0 fully saturated rings. The maximum atomic E-state index is 13.0. The number of rotatable bonds is 2. The molecule has 0 saturated carbocycles. The van der Waals surface area contributed by atoms with E-state index in [2.05, 4.69) is 15.0 Å². The molecule has 2 aromatic carbocycles. The van der Waals surface area contributed by atoms with Crippen molar-refractivity contribution in [3.8, 4) is 0 Å². The molecule has 0 aliphatic rings. The molecule has 0 bridgehead atoms. The van der Waals surface area contributed by atoms with Crippen LogP contribution in [0.2, 0.25) is 5.15 Å². The Kier molecular flexibility index (Phi) is 2.91. The van der Waals surface area contributed by atoms with E-state index >= 15 is 0 Å². The third-order valence-electron chi connectivity index (χ3n) is 3.70. The highest BCUT2D eigenvalue weighted by atomic mass is 35.5. The van der Waals surface area contributed by atoms with Gasteiger partial charge in [0.05, 0.1) is 10.9 Å². The number of ketones is 1. The van der Waals surface area contributed by atoms with E-state index in [1.54, 1.807) is 6.20 Å². The second-order valence-corrected chi connectivity index (χ2v) is 5.30. The molecule has 0 aliphatic carbocycles. The Labute approximate surface area is 130 Å². The molecule has 4 nitrogen and oxygen atoms in total. The van der Waals surface area contributed by atoms with Gasteiger partial charge in [-0.3, -0.25) is 4.79 Å². The molecule has 0 amide bonds. The van der Waals surface area contributed by atoms with Crippen LogP contribution in [0, 0.1) is 0 Å². The van der Waals surface area contributed by atoms with E-state index in [9.17, 15) is 4.79 Å². The first kappa shape index (κ1) is 13.0. The van der Waals surface area contributed by atoms with E-state index in [1.807, 2.05) is 42.5 Å². The van der Waals surface area contributed by atoms with E-state index in [0.717, 1.165) is 10.8 Å². The predicted octanol–water partition coefficient (Wildman–Crippen LogP) is 4.00. The Morgan fingerprint density at radius 2 is 1.82 bits per heavy atom. The molecular formula is C17H10ClN3O. The molecule has 5 heteroatoms. The van der Waals surface area contributed by atoms with Gasteiger partial charge < -0.3 is 4.98 Å². The Hall–Kier alpha value is -2.72. The van der Waals surface area contributed by atoms with Crippen LogP contribution in [0.1, 0.15) is 15.9 Å². The highest BCUT2D eigenvalue weighted by Crippen LogP contribution is 2.27. The van der Waals surface area contributed by atoms with Crippen molar-refractivity contribution in [2.75, 3.05) is 0 Å². The van der Waals surface area contributed by atoms with Gasteiger partial charge in [-0.2, -0.15) is 0 Å². The lowest BCUT2D eigenvalue weighted by molar-refractivity contribution is 0.104. The molecule has 0 radical (unpaired) electrons. The zero-order valence-corrected chi connectivity index (χ0v) is 12.1. The molecular weight excluding hydrogens is 298 g/mol. The van der Waals surface area contributed by atoms with Crippen molar-refractivity contribution in [3.05, 3.63) is 71.3 Å². The van der Waals surface area contributed by atoms with Gasteiger partial charge in [-0.1, -0.05) is 54.1 Å². The fourth-order valence-corrected chi connectivity index (χ4v) is 2.91. The maximum absolute atomic E-state index is 13.0. The van der Waals surface area contributed by atoms with E-state index in [1.165, 1.54) is 6.33 Å². The summed E-state index contributed by atoms with van der Waals surface area (Å²) in [4.78, 5) is 24.0. The number of fused-ring (bicyclic) bond motifs is 2. The molecule has 22 heavy (non-hydrogen) atoms. The molecule has 4 rings (SSSR count). The van der Waals surface area contributed by atoms with Crippen LogP contribution in [0.4, 0.5) is 0 Å². The number of carbonyl (C=O) groups excluding carboxylic acids is 1. The minimum atomic E-state index is -0.0975. The monoisotopic (exact) mass is 307 g/mol. The highest BCUT2D eigenvalue weighted by Gasteiger charge is 2.19. The van der Waals surface area contributed by atoms with Gasteiger partial charge in [0.2, 0.25) is 0 Å². The summed E-state index contributed by atoms with van der Waals surface area (Å²) in [7, 11) is 0. The summed E-state index contributed by atoms with van der Waals surface area (Å²) in [6.45, 7) is 0. The number of carbonyl (C=O) groups is 1. The first-order chi connectivity index (χ1) is 10.8. The zero-order chi connectivity index (χ0) is 15.1. The quantitative estimate of drug-likeness (QED) is 0.450. The Bertz CT molecular complexity index is 1020. The van der Waals surface area contributed by atoms with Crippen LogP contribution in [0.25, 0.3) is 21.8 Å². The molecule has 2 aromatic heterocycles. The molecule has 4 aromatic rings. The summed E-state index contributed by atoms with van der Waals surface area (Å²) in [6.07, 6.45) is 3.00. The summed E-state index contributed by atoms with van der Waals surface area (Å²) >= 11 is 6.13. The normalized spacial score (nSPS) is 11.1. The number of benzene rings is 2. The summed E-state index contributed by atoms with van der Waals surface area (Å²) in [5, 5.41) is 2.77. The third kappa shape index (κ3) is 1.89. The lowest BCUT2D eigenvalue weighted by Crippen LogP contribution is -2.01. The van der Waals surface area contributed by atoms with Gasteiger partial charge in [-0.05, 0) is 10.8 Å². The van der Waals surface area contributed by atoms with E-state index in [0.29, 0.717) is 22.2 Å². The first-order valence-electron chi connectivity index (χ1n) is 6.76. The van der Waals surface area contributed by atoms with Crippen LogP contribution < -0.4 is 0 Å². The average Bonchev–Trinajstić information content (AvgIpc) is 2.99. The number of aromatic nitrogens is 3. The van der Waals surface area contributed by atoms with Gasteiger partial charge in [0.25, 0.3) is 0 Å². The Morgan fingerprint density at radius 3 is 2.73 bits per heavy atom. The molecule has 0 unspecified atom stereocenters. The number of nitrogens with zero attached hydrogens (tertiary/aromatic N) is 2. The Morgan fingerprint density at radius 1 is 1.00 bits per heavy atom. The molecule has 0 saturated heterocycles. The molecule has 2 heterocycles. The second-order valence-electron chi connectivity index (χ2n) is 4.95. The Balaban J connectivity index is 1.97. The average molecular weight is 308 g/mol. The lowest BCUT2D eigenvalue weighted by Gasteiger charge is -2.05. The maximum Gasteiger partial charge on any atom is 0.195 e. The minimum Gasteiger partial charge on any atom is -0.345 e. The summed E-state index contributed by atoms with van der Waals surface area (Å²) in [5.74, 6) is -0.0975. The molecule has 0 spiro atoms. The number of hydrogen-bond acceptors (Lipinski definition) is 3. The zero-order valence-electron chi connectivity index (χ0n) is 11.4. The van der Waals surface area contributed by atoms with Gasteiger partial charge >= 0.3 is 0 Å². The second kappa shape index (κ2) is 4.93. The van der Waals surface area contributed by atoms with Crippen molar-refractivity contribution in [2.24, 2.45) is 0 Å². The van der Waals surface area contributed by atoms with Gasteiger partial charge in [0.1, 0.15) is 17.1 Å². The predicted molar refractivity (Wildman–Crippen MR) is 86.3 cm³/mol. The number of hydrogen-bond donors (Lipinski definition) is 1. The summed E-state index contributed by atoms with van der Waals surface area (Å²) in [5.41, 5.74) is 1.68. The summed E-state index contributed by atoms with van der Waals surface area (Å²) < 4.78 is 0. The van der Waals surface area contributed by atoms with Crippen LogP contribution in [-0.2, 0) is 0 Å². The summed E-state index contributed by atoms with van der Waals surface area (Å²) in [6, 6.07) is 13.5. The fourth-order valence-electron chi connectivity index (χ4n) is 2.67. The number of halogens is 1. The van der Waals surface area contributed by atoms with Crippen LogP contribution in [0.15, 0.2) is 55.0 Å². The van der Waals surface area contributed by atoms with Crippen molar-refractivity contribution in [3.63, 3.8) is 0 Å². The van der Waals surface area contributed by atoms with Gasteiger partial charge in [-0.15, -0.1) is 0 Å². The van der Waals surface area contributed by atoms with E-state index in [4.69, 9.17) is 11.6 Å². The number of nitrogens with one attached hydrogen (secondary N) is 1.